The lowest BCUT2D eigenvalue weighted by Crippen LogP contribution is -1.95. The number of H-pyrrole nitrogens is 1. The lowest BCUT2D eigenvalue weighted by molar-refractivity contribution is 1.02. The van der Waals surface area contributed by atoms with Crippen molar-refractivity contribution < 1.29 is 0 Å². The van der Waals surface area contributed by atoms with Gasteiger partial charge in [0.2, 0.25) is 0 Å². The van der Waals surface area contributed by atoms with E-state index < -0.39 is 0 Å². The van der Waals surface area contributed by atoms with E-state index in [9.17, 15) is 0 Å². The molecule has 1 aromatic carbocycles. The standard InChI is InChI=1S/C13H10N6S/c1-20-13-10-11(15-7-16-12(10)18-19-13)17-9-4-2-8(6-14)3-5-9/h2-5,7H,1H3,(H2,15,16,17,18,19). The Morgan fingerprint density at radius 2 is 2.05 bits per heavy atom. The summed E-state index contributed by atoms with van der Waals surface area (Å²) in [5.41, 5.74) is 2.18. The van der Waals surface area contributed by atoms with Crippen molar-refractivity contribution in [1.29, 1.82) is 5.26 Å². The molecule has 98 valence electrons. The van der Waals surface area contributed by atoms with E-state index in [4.69, 9.17) is 5.26 Å². The van der Waals surface area contributed by atoms with Crippen molar-refractivity contribution in [1.82, 2.24) is 20.2 Å². The molecule has 0 spiro atoms. The lowest BCUT2D eigenvalue weighted by Gasteiger charge is -2.06. The highest BCUT2D eigenvalue weighted by molar-refractivity contribution is 7.98. The van der Waals surface area contributed by atoms with Crippen LogP contribution in [0.3, 0.4) is 0 Å². The van der Waals surface area contributed by atoms with Crippen LogP contribution in [0.5, 0.6) is 0 Å². The number of thioether (sulfide) groups is 1. The molecule has 3 aromatic rings. The molecule has 20 heavy (non-hydrogen) atoms. The zero-order valence-corrected chi connectivity index (χ0v) is 11.4. The number of nitrogens with zero attached hydrogens (tertiary/aromatic N) is 4. The van der Waals surface area contributed by atoms with Gasteiger partial charge < -0.3 is 5.32 Å². The first-order valence-corrected chi connectivity index (χ1v) is 7.04. The third-order valence-corrected chi connectivity index (χ3v) is 3.48. The number of hydrogen-bond acceptors (Lipinski definition) is 6. The monoisotopic (exact) mass is 282 g/mol. The van der Waals surface area contributed by atoms with Crippen LogP contribution in [0.1, 0.15) is 5.56 Å². The minimum atomic E-state index is 0.622. The minimum Gasteiger partial charge on any atom is -0.339 e. The summed E-state index contributed by atoms with van der Waals surface area (Å²) in [6.07, 6.45) is 3.44. The molecule has 0 amide bonds. The van der Waals surface area contributed by atoms with Gasteiger partial charge in [0.25, 0.3) is 0 Å². The fraction of sp³-hybridized carbons (Fsp3) is 0.0769. The number of hydrogen-bond donors (Lipinski definition) is 2. The summed E-state index contributed by atoms with van der Waals surface area (Å²) >= 11 is 1.53. The first kappa shape index (κ1) is 12.4. The normalized spacial score (nSPS) is 10.4. The number of aromatic nitrogens is 4. The molecule has 0 unspecified atom stereocenters. The highest BCUT2D eigenvalue weighted by atomic mass is 32.2. The number of rotatable bonds is 3. The summed E-state index contributed by atoms with van der Waals surface area (Å²) in [5.74, 6) is 0.692. The summed E-state index contributed by atoms with van der Waals surface area (Å²) < 4.78 is 0. The SMILES string of the molecule is CSc1n[nH]c2ncnc(Nc3ccc(C#N)cc3)c12. The minimum absolute atomic E-state index is 0.622. The third kappa shape index (κ3) is 2.17. The van der Waals surface area contributed by atoms with Crippen LogP contribution in [0.15, 0.2) is 35.6 Å². The van der Waals surface area contributed by atoms with Gasteiger partial charge in [-0.05, 0) is 30.5 Å². The lowest BCUT2D eigenvalue weighted by atomic mass is 10.2. The largest absolute Gasteiger partial charge is 0.339 e. The molecule has 0 aliphatic rings. The van der Waals surface area contributed by atoms with Gasteiger partial charge in [-0.2, -0.15) is 10.4 Å². The molecular formula is C13H10N6S. The summed E-state index contributed by atoms with van der Waals surface area (Å²) in [7, 11) is 0. The van der Waals surface area contributed by atoms with E-state index in [1.54, 1.807) is 12.1 Å². The number of anilines is 2. The quantitative estimate of drug-likeness (QED) is 0.718. The van der Waals surface area contributed by atoms with Gasteiger partial charge in [0.15, 0.2) is 5.65 Å². The average Bonchev–Trinajstić information content (AvgIpc) is 2.92. The maximum atomic E-state index is 8.79. The molecule has 0 saturated carbocycles. The molecule has 3 rings (SSSR count). The van der Waals surface area contributed by atoms with Crippen LogP contribution in [0.4, 0.5) is 11.5 Å². The van der Waals surface area contributed by atoms with Crippen molar-refractivity contribution in [3.05, 3.63) is 36.2 Å². The van der Waals surface area contributed by atoms with Crippen molar-refractivity contribution in [2.24, 2.45) is 0 Å². The second-order valence-corrected chi connectivity index (χ2v) is 4.79. The summed E-state index contributed by atoms with van der Waals surface area (Å²) in [5, 5.41) is 20.8. The Bertz CT molecular complexity index is 787. The predicted octanol–water partition coefficient (Wildman–Crippen LogP) is 2.69. The molecule has 2 N–H and O–H groups in total. The van der Waals surface area contributed by atoms with Gasteiger partial charge in [0.05, 0.1) is 17.0 Å². The van der Waals surface area contributed by atoms with Crippen molar-refractivity contribution in [3.63, 3.8) is 0 Å². The Hall–Kier alpha value is -2.59. The summed E-state index contributed by atoms with van der Waals surface area (Å²) in [4.78, 5) is 8.42. The Labute approximate surface area is 119 Å². The number of benzene rings is 1. The molecule has 0 fully saturated rings. The third-order valence-electron chi connectivity index (χ3n) is 2.79. The molecule has 7 heteroatoms. The van der Waals surface area contributed by atoms with E-state index in [0.29, 0.717) is 17.0 Å². The predicted molar refractivity (Wildman–Crippen MR) is 77.9 cm³/mol. The van der Waals surface area contributed by atoms with E-state index in [0.717, 1.165) is 16.1 Å². The molecule has 0 aliphatic heterocycles. The van der Waals surface area contributed by atoms with Crippen LogP contribution in [-0.4, -0.2) is 26.4 Å². The van der Waals surface area contributed by atoms with E-state index in [-0.39, 0.29) is 0 Å². The van der Waals surface area contributed by atoms with E-state index in [1.807, 2.05) is 18.4 Å². The van der Waals surface area contributed by atoms with Crippen LogP contribution in [0.2, 0.25) is 0 Å². The molecular weight excluding hydrogens is 272 g/mol. The Balaban J connectivity index is 2.01. The van der Waals surface area contributed by atoms with Crippen LogP contribution in [0, 0.1) is 11.3 Å². The van der Waals surface area contributed by atoms with Gasteiger partial charge in [0, 0.05) is 5.69 Å². The number of fused-ring (bicyclic) bond motifs is 1. The van der Waals surface area contributed by atoms with Gasteiger partial charge in [-0.15, -0.1) is 11.8 Å². The molecule has 6 nitrogen and oxygen atoms in total. The smallest absolute Gasteiger partial charge is 0.161 e. The zero-order chi connectivity index (χ0) is 13.9. The number of aromatic amines is 1. The molecule has 0 aliphatic carbocycles. The first-order valence-electron chi connectivity index (χ1n) is 5.82. The zero-order valence-electron chi connectivity index (χ0n) is 10.6. The fourth-order valence-corrected chi connectivity index (χ4v) is 2.37. The summed E-state index contributed by atoms with van der Waals surface area (Å²) in [6, 6.07) is 9.28. The van der Waals surface area contributed by atoms with Crippen LogP contribution < -0.4 is 5.32 Å². The van der Waals surface area contributed by atoms with Crippen LogP contribution >= 0.6 is 11.8 Å². The van der Waals surface area contributed by atoms with Crippen molar-refractivity contribution in [3.8, 4) is 6.07 Å². The second kappa shape index (κ2) is 5.19. The summed E-state index contributed by atoms with van der Waals surface area (Å²) in [6.45, 7) is 0. The van der Waals surface area contributed by atoms with Crippen molar-refractivity contribution in [2.75, 3.05) is 11.6 Å². The maximum Gasteiger partial charge on any atom is 0.161 e. The molecule has 2 aromatic heterocycles. The Kier molecular flexibility index (Phi) is 3.23. The van der Waals surface area contributed by atoms with Gasteiger partial charge in [-0.1, -0.05) is 0 Å². The molecule has 0 bridgehead atoms. The fourth-order valence-electron chi connectivity index (χ4n) is 1.84. The number of nitriles is 1. The van der Waals surface area contributed by atoms with E-state index in [1.165, 1.54) is 18.1 Å². The van der Waals surface area contributed by atoms with Crippen molar-refractivity contribution in [2.45, 2.75) is 5.03 Å². The van der Waals surface area contributed by atoms with E-state index >= 15 is 0 Å². The van der Waals surface area contributed by atoms with Gasteiger partial charge in [-0.25, -0.2) is 9.97 Å². The Morgan fingerprint density at radius 1 is 1.25 bits per heavy atom. The topological polar surface area (TPSA) is 90.3 Å². The van der Waals surface area contributed by atoms with Gasteiger partial charge in [-0.3, -0.25) is 5.10 Å². The second-order valence-electron chi connectivity index (χ2n) is 3.99. The van der Waals surface area contributed by atoms with Crippen LogP contribution in [0.25, 0.3) is 11.0 Å². The molecule has 0 radical (unpaired) electrons. The first-order chi connectivity index (χ1) is 9.81. The highest BCUT2D eigenvalue weighted by Crippen LogP contribution is 2.29. The van der Waals surface area contributed by atoms with E-state index in [2.05, 4.69) is 31.6 Å². The average molecular weight is 282 g/mol. The number of nitrogens with one attached hydrogen (secondary N) is 2. The van der Waals surface area contributed by atoms with Gasteiger partial charge in [0.1, 0.15) is 17.2 Å². The highest BCUT2D eigenvalue weighted by Gasteiger charge is 2.12. The van der Waals surface area contributed by atoms with Crippen LogP contribution in [-0.2, 0) is 0 Å². The maximum absolute atomic E-state index is 8.79. The van der Waals surface area contributed by atoms with Crippen molar-refractivity contribution >= 4 is 34.3 Å². The molecule has 2 heterocycles. The Morgan fingerprint density at radius 3 is 2.75 bits per heavy atom. The molecule has 0 atom stereocenters. The van der Waals surface area contributed by atoms with Gasteiger partial charge >= 0.3 is 0 Å². The molecule has 0 saturated heterocycles.